The monoisotopic (exact) mass is 346 g/mol. The molecule has 6 heteroatoms. The van der Waals surface area contributed by atoms with Gasteiger partial charge in [-0.1, -0.05) is 24.3 Å². The first kappa shape index (κ1) is 14.0. The third kappa shape index (κ3) is 3.06. The smallest absolute Gasteiger partial charge is 0.180 e. The number of imidazole rings is 1. The van der Waals surface area contributed by atoms with Crippen molar-refractivity contribution in [1.29, 1.82) is 0 Å². The Morgan fingerprint density at radius 3 is 2.90 bits per heavy atom. The predicted octanol–water partition coefficient (Wildman–Crippen LogP) is 3.25. The number of hydrogen-bond acceptors (Lipinski definition) is 4. The molecule has 0 bridgehead atoms. The van der Waals surface area contributed by atoms with Crippen molar-refractivity contribution in [1.82, 2.24) is 14.4 Å². The fraction of sp³-hybridized carbons (Fsp3) is 0.200. The average molecular weight is 347 g/mol. The van der Waals surface area contributed by atoms with Gasteiger partial charge in [-0.2, -0.15) is 0 Å². The minimum atomic E-state index is 0.600. The molecule has 0 saturated carbocycles. The van der Waals surface area contributed by atoms with E-state index < -0.39 is 0 Å². The summed E-state index contributed by atoms with van der Waals surface area (Å²) in [4.78, 5) is 8.78. The molecule has 21 heavy (non-hydrogen) atoms. The van der Waals surface area contributed by atoms with E-state index in [1.807, 2.05) is 28.9 Å². The molecule has 3 rings (SSSR count). The van der Waals surface area contributed by atoms with E-state index >= 15 is 0 Å². The number of rotatable bonds is 5. The van der Waals surface area contributed by atoms with Gasteiger partial charge >= 0.3 is 0 Å². The van der Waals surface area contributed by atoms with Gasteiger partial charge < -0.3 is 14.5 Å². The summed E-state index contributed by atoms with van der Waals surface area (Å²) in [6.07, 6.45) is 5.53. The number of halogens is 1. The Morgan fingerprint density at radius 2 is 2.10 bits per heavy atom. The van der Waals surface area contributed by atoms with Crippen LogP contribution < -0.4 is 5.32 Å². The van der Waals surface area contributed by atoms with Gasteiger partial charge in [-0.15, -0.1) is 0 Å². The number of anilines is 1. The quantitative estimate of drug-likeness (QED) is 0.770. The summed E-state index contributed by atoms with van der Waals surface area (Å²) in [5.41, 5.74) is 3.16. The lowest BCUT2D eigenvalue weighted by molar-refractivity contribution is 0.184. The van der Waals surface area contributed by atoms with Crippen LogP contribution in [0.1, 0.15) is 11.1 Å². The SMILES string of the molecule is COCc1ccccc1CNc1nc(Br)cn2ccnc12. The lowest BCUT2D eigenvalue weighted by Crippen LogP contribution is -2.06. The van der Waals surface area contributed by atoms with Crippen molar-refractivity contribution in [3.05, 3.63) is 58.6 Å². The Kier molecular flexibility index (Phi) is 4.17. The second-order valence-corrected chi connectivity index (χ2v) is 5.44. The Hall–Kier alpha value is -1.92. The van der Waals surface area contributed by atoms with Crippen LogP contribution in [0.5, 0.6) is 0 Å². The molecule has 1 aromatic carbocycles. The molecule has 5 nitrogen and oxygen atoms in total. The van der Waals surface area contributed by atoms with Gasteiger partial charge in [-0.3, -0.25) is 0 Å². The van der Waals surface area contributed by atoms with Crippen molar-refractivity contribution in [2.24, 2.45) is 0 Å². The first-order valence-electron chi connectivity index (χ1n) is 6.56. The normalized spacial score (nSPS) is 11.0. The van der Waals surface area contributed by atoms with Crippen LogP contribution in [-0.2, 0) is 17.9 Å². The van der Waals surface area contributed by atoms with Gasteiger partial charge in [0.2, 0.25) is 0 Å². The Labute approximate surface area is 131 Å². The van der Waals surface area contributed by atoms with Gasteiger partial charge in [0.1, 0.15) is 4.60 Å². The number of ether oxygens (including phenoxy) is 1. The van der Waals surface area contributed by atoms with E-state index in [2.05, 4.69) is 43.3 Å². The highest BCUT2D eigenvalue weighted by molar-refractivity contribution is 9.10. The maximum Gasteiger partial charge on any atom is 0.180 e. The summed E-state index contributed by atoms with van der Waals surface area (Å²) in [6.45, 7) is 1.27. The fourth-order valence-electron chi connectivity index (χ4n) is 2.22. The maximum absolute atomic E-state index is 5.23. The van der Waals surface area contributed by atoms with Crippen LogP contribution in [0.25, 0.3) is 5.65 Å². The van der Waals surface area contributed by atoms with Crippen LogP contribution >= 0.6 is 15.9 Å². The molecule has 0 atom stereocenters. The van der Waals surface area contributed by atoms with Crippen molar-refractivity contribution in [3.8, 4) is 0 Å². The van der Waals surface area contributed by atoms with E-state index in [1.54, 1.807) is 13.3 Å². The van der Waals surface area contributed by atoms with Crippen LogP contribution in [-0.4, -0.2) is 21.5 Å². The standard InChI is InChI=1S/C15H15BrN4O/c1-21-10-12-5-3-2-4-11(12)8-18-14-15-17-6-7-20(15)9-13(16)19-14/h2-7,9H,8,10H2,1H3,(H,18,19). The molecular formula is C15H15BrN4O. The average Bonchev–Trinajstić information content (AvgIpc) is 2.94. The first-order valence-corrected chi connectivity index (χ1v) is 7.36. The lowest BCUT2D eigenvalue weighted by atomic mass is 10.1. The maximum atomic E-state index is 5.23. The Morgan fingerprint density at radius 1 is 1.29 bits per heavy atom. The summed E-state index contributed by atoms with van der Waals surface area (Å²) >= 11 is 3.41. The van der Waals surface area contributed by atoms with Gasteiger partial charge in [-0.25, -0.2) is 9.97 Å². The largest absolute Gasteiger partial charge is 0.380 e. The summed E-state index contributed by atoms with van der Waals surface area (Å²) in [7, 11) is 1.70. The third-order valence-corrected chi connectivity index (χ3v) is 3.59. The van der Waals surface area contributed by atoms with Crippen LogP contribution in [0, 0.1) is 0 Å². The van der Waals surface area contributed by atoms with Gasteiger partial charge in [-0.05, 0) is 27.1 Å². The molecule has 0 aliphatic rings. The molecular weight excluding hydrogens is 332 g/mol. The molecule has 0 saturated heterocycles. The van der Waals surface area contributed by atoms with E-state index in [1.165, 1.54) is 11.1 Å². The van der Waals surface area contributed by atoms with Crippen LogP contribution in [0.3, 0.4) is 0 Å². The zero-order valence-electron chi connectivity index (χ0n) is 11.6. The van der Waals surface area contributed by atoms with Crippen molar-refractivity contribution in [3.63, 3.8) is 0 Å². The van der Waals surface area contributed by atoms with Gasteiger partial charge in [0.05, 0.1) is 6.61 Å². The zero-order chi connectivity index (χ0) is 14.7. The summed E-state index contributed by atoms with van der Waals surface area (Å²) in [6, 6.07) is 8.19. The zero-order valence-corrected chi connectivity index (χ0v) is 13.2. The highest BCUT2D eigenvalue weighted by atomic mass is 79.9. The summed E-state index contributed by atoms with van der Waals surface area (Å²) < 4.78 is 7.93. The number of nitrogens with one attached hydrogen (secondary N) is 1. The number of nitrogens with zero attached hydrogens (tertiary/aromatic N) is 3. The predicted molar refractivity (Wildman–Crippen MR) is 85.2 cm³/mol. The van der Waals surface area contributed by atoms with Crippen LogP contribution in [0.4, 0.5) is 5.82 Å². The highest BCUT2D eigenvalue weighted by Crippen LogP contribution is 2.18. The number of benzene rings is 1. The minimum absolute atomic E-state index is 0.600. The minimum Gasteiger partial charge on any atom is -0.380 e. The molecule has 0 radical (unpaired) electrons. The number of fused-ring (bicyclic) bond motifs is 1. The number of aromatic nitrogens is 3. The molecule has 3 aromatic rings. The molecule has 0 spiro atoms. The number of methoxy groups -OCH3 is 1. The molecule has 108 valence electrons. The lowest BCUT2D eigenvalue weighted by Gasteiger charge is -2.11. The molecule has 0 fully saturated rings. The van der Waals surface area contributed by atoms with Crippen molar-refractivity contribution in [2.45, 2.75) is 13.2 Å². The molecule has 2 aromatic heterocycles. The molecule has 0 unspecified atom stereocenters. The molecule has 0 amide bonds. The van der Waals surface area contributed by atoms with E-state index in [0.717, 1.165) is 16.1 Å². The van der Waals surface area contributed by atoms with Gasteiger partial charge in [0.15, 0.2) is 11.5 Å². The van der Waals surface area contributed by atoms with Crippen LogP contribution in [0.2, 0.25) is 0 Å². The van der Waals surface area contributed by atoms with E-state index in [9.17, 15) is 0 Å². The fourth-order valence-corrected chi connectivity index (χ4v) is 2.62. The molecule has 1 N–H and O–H groups in total. The first-order chi connectivity index (χ1) is 10.3. The van der Waals surface area contributed by atoms with Crippen molar-refractivity contribution in [2.75, 3.05) is 12.4 Å². The van der Waals surface area contributed by atoms with Crippen molar-refractivity contribution >= 4 is 27.4 Å². The summed E-state index contributed by atoms with van der Waals surface area (Å²) in [5, 5.41) is 3.35. The van der Waals surface area contributed by atoms with Gasteiger partial charge in [0, 0.05) is 32.2 Å². The van der Waals surface area contributed by atoms with Crippen molar-refractivity contribution < 1.29 is 4.74 Å². The molecule has 0 aliphatic carbocycles. The second kappa shape index (κ2) is 6.24. The number of hydrogen-bond donors (Lipinski definition) is 1. The third-order valence-electron chi connectivity index (χ3n) is 3.21. The summed E-state index contributed by atoms with van der Waals surface area (Å²) in [5.74, 6) is 0.751. The van der Waals surface area contributed by atoms with Gasteiger partial charge in [0.25, 0.3) is 0 Å². The topological polar surface area (TPSA) is 51.5 Å². The van der Waals surface area contributed by atoms with E-state index in [0.29, 0.717) is 13.2 Å². The Balaban J connectivity index is 1.85. The Bertz CT molecular complexity index is 756. The van der Waals surface area contributed by atoms with E-state index in [-0.39, 0.29) is 0 Å². The van der Waals surface area contributed by atoms with Crippen LogP contribution in [0.15, 0.2) is 47.5 Å². The van der Waals surface area contributed by atoms with E-state index in [4.69, 9.17) is 4.74 Å². The second-order valence-electron chi connectivity index (χ2n) is 4.63. The molecule has 0 aliphatic heterocycles. The highest BCUT2D eigenvalue weighted by Gasteiger charge is 2.07. The molecule has 2 heterocycles.